The molecule has 0 atom stereocenters. The van der Waals surface area contributed by atoms with Gasteiger partial charge in [0, 0.05) is 26.3 Å². The summed E-state index contributed by atoms with van der Waals surface area (Å²) in [7, 11) is 0.438. The molecule has 1 N–H and O–H groups in total. The van der Waals surface area contributed by atoms with Crippen LogP contribution in [-0.2, 0) is 16.4 Å². The van der Waals surface area contributed by atoms with Crippen LogP contribution in [0.15, 0.2) is 41.3 Å². The molecule has 142 valence electrons. The first kappa shape index (κ1) is 20.3. The fraction of sp³-hybridized carbons (Fsp3) is 0.400. The highest BCUT2D eigenvalue weighted by Crippen LogP contribution is 2.26. The van der Waals surface area contributed by atoms with Gasteiger partial charge in [0.15, 0.2) is 0 Å². The molecule has 26 heavy (non-hydrogen) atoms. The molecular weight excluding hydrogens is 348 g/mol. The molecule has 0 spiro atoms. The quantitative estimate of drug-likeness (QED) is 0.768. The molecule has 0 aliphatic carbocycles. The minimum Gasteiger partial charge on any atom is -0.493 e. The van der Waals surface area contributed by atoms with Crippen LogP contribution in [0, 0.1) is 13.8 Å². The van der Waals surface area contributed by atoms with Crippen molar-refractivity contribution in [3.63, 3.8) is 0 Å². The van der Waals surface area contributed by atoms with E-state index in [4.69, 9.17) is 4.74 Å². The summed E-state index contributed by atoms with van der Waals surface area (Å²) in [6.45, 7) is 6.55. The maximum atomic E-state index is 12.6. The molecule has 6 heteroatoms. The molecule has 2 aromatic rings. The second-order valence-electron chi connectivity index (χ2n) is 6.53. The predicted molar refractivity (Wildman–Crippen MR) is 107 cm³/mol. The van der Waals surface area contributed by atoms with Crippen molar-refractivity contribution in [2.45, 2.75) is 32.1 Å². The smallest absolute Gasteiger partial charge is 0.240 e. The standard InChI is InChI=1S/C20H28N2O3S/c1-6-25-20-15(2)13-19(14-16(20)3)26(23,24)21-12-11-17-7-9-18(10-8-17)22(4)5/h7-10,13-14,21H,6,11-12H2,1-5H3. The Bertz CT molecular complexity index is 821. The maximum Gasteiger partial charge on any atom is 0.240 e. The Morgan fingerprint density at radius 1 is 1.04 bits per heavy atom. The van der Waals surface area contributed by atoms with E-state index < -0.39 is 10.0 Å². The first-order chi connectivity index (χ1) is 12.2. The molecule has 0 amide bonds. The van der Waals surface area contributed by atoms with Crippen molar-refractivity contribution < 1.29 is 13.2 Å². The van der Waals surface area contributed by atoms with Crippen molar-refractivity contribution in [3.8, 4) is 5.75 Å². The lowest BCUT2D eigenvalue weighted by molar-refractivity contribution is 0.335. The van der Waals surface area contributed by atoms with Crippen molar-refractivity contribution in [3.05, 3.63) is 53.1 Å². The zero-order chi connectivity index (χ0) is 19.3. The Balaban J connectivity index is 2.04. The number of benzene rings is 2. The highest BCUT2D eigenvalue weighted by atomic mass is 32.2. The summed E-state index contributed by atoms with van der Waals surface area (Å²) < 4.78 is 33.4. The molecule has 0 saturated carbocycles. The molecule has 0 aliphatic rings. The van der Waals surface area contributed by atoms with Crippen LogP contribution in [0.25, 0.3) is 0 Å². The van der Waals surface area contributed by atoms with Gasteiger partial charge in [-0.2, -0.15) is 0 Å². The molecule has 0 bridgehead atoms. The third kappa shape index (κ3) is 4.99. The van der Waals surface area contributed by atoms with Crippen LogP contribution < -0.4 is 14.4 Å². The molecule has 0 radical (unpaired) electrons. The van der Waals surface area contributed by atoms with Crippen LogP contribution in [0.3, 0.4) is 0 Å². The number of nitrogens with one attached hydrogen (secondary N) is 1. The molecule has 0 aliphatic heterocycles. The van der Waals surface area contributed by atoms with Crippen molar-refractivity contribution in [2.24, 2.45) is 0 Å². The number of ether oxygens (including phenoxy) is 1. The van der Waals surface area contributed by atoms with Gasteiger partial charge in [0.2, 0.25) is 10.0 Å². The van der Waals surface area contributed by atoms with Crippen LogP contribution in [-0.4, -0.2) is 35.7 Å². The van der Waals surface area contributed by atoms with Gasteiger partial charge in [-0.05, 0) is 68.1 Å². The lowest BCUT2D eigenvalue weighted by Gasteiger charge is -2.14. The Kier molecular flexibility index (Phi) is 6.67. The summed E-state index contributed by atoms with van der Waals surface area (Å²) in [5.41, 5.74) is 3.87. The lowest BCUT2D eigenvalue weighted by atomic mass is 10.1. The highest BCUT2D eigenvalue weighted by Gasteiger charge is 2.17. The fourth-order valence-electron chi connectivity index (χ4n) is 2.81. The number of hydrogen-bond acceptors (Lipinski definition) is 4. The van der Waals surface area contributed by atoms with Gasteiger partial charge in [0.25, 0.3) is 0 Å². The number of hydrogen-bond donors (Lipinski definition) is 1. The van der Waals surface area contributed by atoms with Gasteiger partial charge in [-0.3, -0.25) is 0 Å². The fourth-order valence-corrected chi connectivity index (χ4v) is 4.01. The third-order valence-corrected chi connectivity index (χ3v) is 5.63. The van der Waals surface area contributed by atoms with Crippen LogP contribution in [0.1, 0.15) is 23.6 Å². The van der Waals surface area contributed by atoms with E-state index in [1.165, 1.54) is 0 Å². The molecule has 2 aromatic carbocycles. The number of aryl methyl sites for hydroxylation is 2. The van der Waals surface area contributed by atoms with E-state index in [1.807, 2.05) is 64.0 Å². The van der Waals surface area contributed by atoms with E-state index in [2.05, 4.69) is 4.72 Å². The van der Waals surface area contributed by atoms with Gasteiger partial charge < -0.3 is 9.64 Å². The van der Waals surface area contributed by atoms with E-state index in [9.17, 15) is 8.42 Å². The molecule has 5 nitrogen and oxygen atoms in total. The van der Waals surface area contributed by atoms with E-state index in [-0.39, 0.29) is 4.90 Å². The second-order valence-corrected chi connectivity index (χ2v) is 8.29. The Hall–Kier alpha value is -2.05. The molecule has 0 aromatic heterocycles. The van der Waals surface area contributed by atoms with Crippen LogP contribution in [0.5, 0.6) is 5.75 Å². The SMILES string of the molecule is CCOc1c(C)cc(S(=O)(=O)NCCc2ccc(N(C)C)cc2)cc1C. The van der Waals surface area contributed by atoms with Crippen LogP contribution in [0.2, 0.25) is 0 Å². The average Bonchev–Trinajstić information content (AvgIpc) is 2.58. The number of sulfonamides is 1. The minimum atomic E-state index is -3.54. The van der Waals surface area contributed by atoms with Crippen LogP contribution >= 0.6 is 0 Å². The molecule has 0 saturated heterocycles. The Morgan fingerprint density at radius 3 is 2.12 bits per heavy atom. The summed E-state index contributed by atoms with van der Waals surface area (Å²) in [6.07, 6.45) is 0.641. The number of rotatable bonds is 8. The lowest BCUT2D eigenvalue weighted by Crippen LogP contribution is -2.26. The number of nitrogens with zero attached hydrogens (tertiary/aromatic N) is 1. The summed E-state index contributed by atoms with van der Waals surface area (Å²) in [4.78, 5) is 2.31. The van der Waals surface area contributed by atoms with E-state index in [0.717, 1.165) is 28.1 Å². The summed E-state index contributed by atoms with van der Waals surface area (Å²) >= 11 is 0. The largest absolute Gasteiger partial charge is 0.493 e. The van der Waals surface area contributed by atoms with E-state index >= 15 is 0 Å². The van der Waals surface area contributed by atoms with Crippen molar-refractivity contribution >= 4 is 15.7 Å². The average molecular weight is 377 g/mol. The minimum absolute atomic E-state index is 0.277. The third-order valence-electron chi connectivity index (χ3n) is 4.19. The van der Waals surface area contributed by atoms with Gasteiger partial charge in [-0.1, -0.05) is 12.1 Å². The first-order valence-electron chi connectivity index (χ1n) is 8.74. The monoisotopic (exact) mass is 376 g/mol. The van der Waals surface area contributed by atoms with Gasteiger partial charge >= 0.3 is 0 Å². The van der Waals surface area contributed by atoms with Gasteiger partial charge in [-0.25, -0.2) is 13.1 Å². The molecule has 0 heterocycles. The molecule has 2 rings (SSSR count). The predicted octanol–water partition coefficient (Wildman–Crippen LogP) is 3.29. The summed E-state index contributed by atoms with van der Waals surface area (Å²) in [5, 5.41) is 0. The van der Waals surface area contributed by atoms with Gasteiger partial charge in [0.05, 0.1) is 11.5 Å². The summed E-state index contributed by atoms with van der Waals surface area (Å²) in [6, 6.07) is 11.4. The maximum absolute atomic E-state index is 12.6. The Labute approximate surface area is 157 Å². The van der Waals surface area contributed by atoms with E-state index in [0.29, 0.717) is 19.6 Å². The second kappa shape index (κ2) is 8.56. The Morgan fingerprint density at radius 2 is 1.62 bits per heavy atom. The summed E-state index contributed by atoms with van der Waals surface area (Å²) in [5.74, 6) is 0.757. The normalized spacial score (nSPS) is 11.4. The van der Waals surface area contributed by atoms with Gasteiger partial charge in [-0.15, -0.1) is 0 Å². The van der Waals surface area contributed by atoms with Crippen molar-refractivity contribution in [1.29, 1.82) is 0 Å². The van der Waals surface area contributed by atoms with Gasteiger partial charge in [0.1, 0.15) is 5.75 Å². The molecular formula is C20H28N2O3S. The first-order valence-corrected chi connectivity index (χ1v) is 10.2. The van der Waals surface area contributed by atoms with Crippen LogP contribution in [0.4, 0.5) is 5.69 Å². The highest BCUT2D eigenvalue weighted by molar-refractivity contribution is 7.89. The number of anilines is 1. The zero-order valence-corrected chi connectivity index (χ0v) is 17.0. The van der Waals surface area contributed by atoms with Crippen molar-refractivity contribution in [2.75, 3.05) is 32.1 Å². The van der Waals surface area contributed by atoms with Crippen molar-refractivity contribution in [1.82, 2.24) is 4.72 Å². The van der Waals surface area contributed by atoms with E-state index in [1.54, 1.807) is 12.1 Å². The molecule has 0 unspecified atom stereocenters. The molecule has 0 fully saturated rings. The topological polar surface area (TPSA) is 58.6 Å². The zero-order valence-electron chi connectivity index (χ0n) is 16.2.